The molecule has 0 spiro atoms. The van der Waals surface area contributed by atoms with Gasteiger partial charge in [0.25, 0.3) is 0 Å². The van der Waals surface area contributed by atoms with Gasteiger partial charge in [0.15, 0.2) is 5.65 Å². The highest BCUT2D eigenvalue weighted by Crippen LogP contribution is 2.12. The number of carbonyl (C=O) groups is 1. The van der Waals surface area contributed by atoms with Gasteiger partial charge in [-0.05, 0) is 35.6 Å². The highest BCUT2D eigenvalue weighted by Gasteiger charge is 2.07. The van der Waals surface area contributed by atoms with E-state index in [-0.39, 0.29) is 11.6 Å². The zero-order valence-electron chi connectivity index (χ0n) is 12.3. The summed E-state index contributed by atoms with van der Waals surface area (Å²) in [7, 11) is 0. The molecule has 0 bridgehead atoms. The van der Waals surface area contributed by atoms with E-state index in [2.05, 4.69) is 23.0 Å². The van der Waals surface area contributed by atoms with Crippen molar-refractivity contribution in [3.63, 3.8) is 0 Å². The van der Waals surface area contributed by atoms with Gasteiger partial charge in [0.2, 0.25) is 5.91 Å². The van der Waals surface area contributed by atoms with Crippen molar-refractivity contribution in [3.05, 3.63) is 64.7 Å². The summed E-state index contributed by atoms with van der Waals surface area (Å²) in [6.45, 7) is 0.344. The molecule has 0 radical (unpaired) electrons. The first-order valence-electron chi connectivity index (χ1n) is 7.21. The number of nitrogens with zero attached hydrogens (tertiary/aromatic N) is 3. The van der Waals surface area contributed by atoms with Crippen LogP contribution in [0.25, 0.3) is 5.65 Å². The Hall–Kier alpha value is -2.54. The topological polar surface area (TPSA) is 68.4 Å². The number of amides is 1. The maximum absolute atomic E-state index is 12.3. The van der Waals surface area contributed by atoms with Crippen molar-refractivity contribution in [3.8, 4) is 0 Å². The van der Waals surface area contributed by atoms with Gasteiger partial charge >= 0.3 is 5.69 Å². The lowest BCUT2D eigenvalue weighted by atomic mass is 10.2. The van der Waals surface area contributed by atoms with E-state index in [0.29, 0.717) is 30.1 Å². The van der Waals surface area contributed by atoms with Gasteiger partial charge in [0.05, 0.1) is 6.54 Å². The average Bonchev–Trinajstić information content (AvgIpc) is 2.84. The number of pyridine rings is 1. The van der Waals surface area contributed by atoms with Crippen molar-refractivity contribution in [2.24, 2.45) is 0 Å². The molecule has 0 saturated heterocycles. The highest BCUT2D eigenvalue weighted by molar-refractivity contribution is 7.80. The fraction of sp³-hybridized carbons (Fsp3) is 0.188. The number of aromatic nitrogens is 3. The quantitative estimate of drug-likeness (QED) is 0.702. The van der Waals surface area contributed by atoms with Gasteiger partial charge < -0.3 is 5.32 Å². The molecular formula is C16H16N4O2S. The Morgan fingerprint density at radius 3 is 2.87 bits per heavy atom. The number of hydrogen-bond donors (Lipinski definition) is 2. The van der Waals surface area contributed by atoms with Crippen LogP contribution in [0, 0.1) is 0 Å². The molecule has 3 aromatic rings. The molecule has 0 fully saturated rings. The highest BCUT2D eigenvalue weighted by atomic mass is 32.1. The fourth-order valence-corrected chi connectivity index (χ4v) is 2.52. The first-order valence-corrected chi connectivity index (χ1v) is 7.84. The van der Waals surface area contributed by atoms with Crippen molar-refractivity contribution in [2.75, 3.05) is 11.1 Å². The molecule has 1 amide bonds. The van der Waals surface area contributed by atoms with Gasteiger partial charge in [0, 0.05) is 18.3 Å². The minimum atomic E-state index is -0.190. The molecule has 0 aliphatic heterocycles. The van der Waals surface area contributed by atoms with Crippen molar-refractivity contribution >= 4 is 29.9 Å². The van der Waals surface area contributed by atoms with E-state index < -0.39 is 0 Å². The smallest absolute Gasteiger partial charge is 0.326 e. The van der Waals surface area contributed by atoms with Crippen LogP contribution >= 0.6 is 12.6 Å². The summed E-state index contributed by atoms with van der Waals surface area (Å²) in [5.74, 6) is 0.421. The fourth-order valence-electron chi connectivity index (χ4n) is 2.32. The molecule has 0 saturated carbocycles. The van der Waals surface area contributed by atoms with Gasteiger partial charge in [-0.3, -0.25) is 9.20 Å². The number of carbonyl (C=O) groups excluding carboxylic acids is 1. The summed E-state index contributed by atoms with van der Waals surface area (Å²) < 4.78 is 2.91. The monoisotopic (exact) mass is 328 g/mol. The third kappa shape index (κ3) is 3.45. The van der Waals surface area contributed by atoms with Crippen molar-refractivity contribution < 1.29 is 4.79 Å². The minimum Gasteiger partial charge on any atom is -0.326 e. The molecule has 0 unspecified atom stereocenters. The van der Waals surface area contributed by atoms with E-state index in [1.54, 1.807) is 18.3 Å². The second-order valence-corrected chi connectivity index (χ2v) is 5.54. The van der Waals surface area contributed by atoms with E-state index in [0.717, 1.165) is 5.56 Å². The molecule has 3 rings (SSSR count). The lowest BCUT2D eigenvalue weighted by molar-refractivity contribution is -0.115. The molecule has 0 aliphatic carbocycles. The number of hydrogen-bond acceptors (Lipinski definition) is 4. The van der Waals surface area contributed by atoms with Gasteiger partial charge in [-0.15, -0.1) is 5.10 Å². The standard InChI is InChI=1S/C16H16N4O2S/c21-15(7-9-23)17-13-5-3-4-12(10-13)11-20-16(22)19-8-2-1-6-14(19)18-20/h1-6,8,10,23H,7,9,11H2,(H,17,21). The SMILES string of the molecule is O=C(CCS)Nc1cccc(Cn2nc3ccccn3c2=O)c1. The molecule has 6 nitrogen and oxygen atoms in total. The summed E-state index contributed by atoms with van der Waals surface area (Å²) in [5, 5.41) is 7.11. The molecule has 7 heteroatoms. The predicted octanol–water partition coefficient (Wildman–Crippen LogP) is 1.80. The normalized spacial score (nSPS) is 10.8. The molecule has 118 valence electrons. The van der Waals surface area contributed by atoms with E-state index in [1.807, 2.05) is 30.3 Å². The van der Waals surface area contributed by atoms with Gasteiger partial charge in [0.1, 0.15) is 0 Å². The minimum absolute atomic E-state index is 0.0814. The van der Waals surface area contributed by atoms with E-state index in [9.17, 15) is 9.59 Å². The lowest BCUT2D eigenvalue weighted by Gasteiger charge is -2.06. The molecular weight excluding hydrogens is 312 g/mol. The van der Waals surface area contributed by atoms with Crippen LogP contribution in [0.3, 0.4) is 0 Å². The van der Waals surface area contributed by atoms with Gasteiger partial charge in [-0.25, -0.2) is 9.48 Å². The maximum atomic E-state index is 12.3. The van der Waals surface area contributed by atoms with Crippen LogP contribution in [0.15, 0.2) is 53.5 Å². The van der Waals surface area contributed by atoms with Crippen LogP contribution in [-0.2, 0) is 11.3 Å². The second kappa shape index (κ2) is 6.70. The zero-order valence-corrected chi connectivity index (χ0v) is 13.2. The van der Waals surface area contributed by atoms with Crippen LogP contribution in [-0.4, -0.2) is 25.8 Å². The average molecular weight is 328 g/mol. The number of thiol groups is 1. The van der Waals surface area contributed by atoms with E-state index >= 15 is 0 Å². The summed E-state index contributed by atoms with van der Waals surface area (Å²) in [5.41, 5.74) is 2.01. The zero-order chi connectivity index (χ0) is 16.2. The largest absolute Gasteiger partial charge is 0.350 e. The van der Waals surface area contributed by atoms with Crippen molar-refractivity contribution in [2.45, 2.75) is 13.0 Å². The first-order chi connectivity index (χ1) is 11.2. The number of anilines is 1. The Balaban J connectivity index is 1.83. The molecule has 0 aliphatic rings. The Bertz CT molecular complexity index is 900. The van der Waals surface area contributed by atoms with Gasteiger partial charge in [-0.2, -0.15) is 12.6 Å². The van der Waals surface area contributed by atoms with Crippen LogP contribution in [0.1, 0.15) is 12.0 Å². The summed E-state index contributed by atoms with van der Waals surface area (Å²) in [6, 6.07) is 12.8. The summed E-state index contributed by atoms with van der Waals surface area (Å²) in [6.07, 6.45) is 2.05. The third-order valence-corrected chi connectivity index (χ3v) is 3.59. The molecule has 1 N–H and O–H groups in total. The molecule has 23 heavy (non-hydrogen) atoms. The number of rotatable bonds is 5. The van der Waals surface area contributed by atoms with Crippen LogP contribution in [0.4, 0.5) is 5.69 Å². The number of nitrogens with one attached hydrogen (secondary N) is 1. The van der Waals surface area contributed by atoms with Gasteiger partial charge in [-0.1, -0.05) is 18.2 Å². The molecule has 0 atom stereocenters. The van der Waals surface area contributed by atoms with Crippen molar-refractivity contribution in [1.82, 2.24) is 14.2 Å². The Labute approximate surface area is 138 Å². The van der Waals surface area contributed by atoms with Crippen LogP contribution in [0.2, 0.25) is 0 Å². The Kier molecular flexibility index (Phi) is 4.47. The summed E-state index contributed by atoms with van der Waals surface area (Å²) >= 11 is 4.04. The number of benzene rings is 1. The lowest BCUT2D eigenvalue weighted by Crippen LogP contribution is -2.21. The van der Waals surface area contributed by atoms with E-state index in [1.165, 1.54) is 9.08 Å². The van der Waals surface area contributed by atoms with E-state index in [4.69, 9.17) is 0 Å². The van der Waals surface area contributed by atoms with Crippen LogP contribution in [0.5, 0.6) is 0 Å². The van der Waals surface area contributed by atoms with Crippen molar-refractivity contribution in [1.29, 1.82) is 0 Å². The third-order valence-electron chi connectivity index (χ3n) is 3.37. The predicted molar refractivity (Wildman–Crippen MR) is 92.1 cm³/mol. The first kappa shape index (κ1) is 15.4. The second-order valence-electron chi connectivity index (χ2n) is 5.09. The Morgan fingerprint density at radius 2 is 2.09 bits per heavy atom. The summed E-state index contributed by atoms with van der Waals surface area (Å²) in [4.78, 5) is 23.9. The molecule has 1 aromatic carbocycles. The Morgan fingerprint density at radius 1 is 1.22 bits per heavy atom. The van der Waals surface area contributed by atoms with Crippen LogP contribution < -0.4 is 11.0 Å². The number of fused-ring (bicyclic) bond motifs is 1. The maximum Gasteiger partial charge on any atom is 0.350 e. The molecule has 2 heterocycles. The molecule has 2 aromatic heterocycles.